The highest BCUT2D eigenvalue weighted by Gasteiger charge is 2.33. The number of nitrogens with zero attached hydrogens (tertiary/aromatic N) is 3. The average molecular weight is 357 g/mol. The molecule has 0 atom stereocenters. The highest BCUT2D eigenvalue weighted by Crippen LogP contribution is 2.46. The molecule has 142 valence electrons. The maximum absolute atomic E-state index is 5.46. The normalized spacial score (nSPS) is 24.0. The first-order chi connectivity index (χ1) is 12.9. The quantitative estimate of drug-likeness (QED) is 0.875. The molecule has 1 saturated carbocycles. The SMILES string of the molecule is C1CCC2=C(C1)CNc1c2c(C2CCC2)nn1CCCN1CCOCC1. The van der Waals surface area contributed by atoms with Gasteiger partial charge in [0.1, 0.15) is 5.82 Å². The molecule has 0 aromatic carbocycles. The summed E-state index contributed by atoms with van der Waals surface area (Å²) in [6.45, 7) is 7.18. The Hall–Kier alpha value is -1.33. The van der Waals surface area contributed by atoms with Gasteiger partial charge in [0.25, 0.3) is 0 Å². The van der Waals surface area contributed by atoms with Gasteiger partial charge in [0.2, 0.25) is 0 Å². The molecule has 1 N–H and O–H groups in total. The van der Waals surface area contributed by atoms with Crippen molar-refractivity contribution in [2.45, 2.75) is 63.8 Å². The third-order valence-corrected chi connectivity index (χ3v) is 6.77. The molecule has 2 aliphatic heterocycles. The fraction of sp³-hybridized carbons (Fsp3) is 0.762. The maximum Gasteiger partial charge on any atom is 0.132 e. The van der Waals surface area contributed by atoms with Crippen LogP contribution in [-0.4, -0.2) is 54.1 Å². The van der Waals surface area contributed by atoms with Crippen LogP contribution in [0.1, 0.15) is 68.5 Å². The molecule has 5 heteroatoms. The summed E-state index contributed by atoms with van der Waals surface area (Å²) in [6.07, 6.45) is 10.5. The van der Waals surface area contributed by atoms with Crippen molar-refractivity contribution >= 4 is 11.4 Å². The topological polar surface area (TPSA) is 42.3 Å². The van der Waals surface area contributed by atoms with E-state index in [0.29, 0.717) is 5.92 Å². The number of hydrogen-bond acceptors (Lipinski definition) is 4. The average Bonchev–Trinajstić information content (AvgIpc) is 3.00. The molecule has 2 fully saturated rings. The van der Waals surface area contributed by atoms with E-state index in [2.05, 4.69) is 14.9 Å². The van der Waals surface area contributed by atoms with Gasteiger partial charge in [0.15, 0.2) is 0 Å². The number of anilines is 1. The minimum absolute atomic E-state index is 0.708. The summed E-state index contributed by atoms with van der Waals surface area (Å²) in [5, 5.41) is 8.92. The molecular formula is C21H32N4O. The van der Waals surface area contributed by atoms with Gasteiger partial charge in [-0.2, -0.15) is 5.10 Å². The Kier molecular flexibility index (Phi) is 4.76. The van der Waals surface area contributed by atoms with Gasteiger partial charge in [0.05, 0.1) is 18.9 Å². The van der Waals surface area contributed by atoms with E-state index in [-0.39, 0.29) is 0 Å². The standard InChI is InChI=1S/C21H32N4O/c1-2-8-18-17(5-1)15-22-21-19(18)20(16-6-3-7-16)23-25(21)10-4-9-24-11-13-26-14-12-24/h16,22H,1-15H2. The van der Waals surface area contributed by atoms with Gasteiger partial charge in [0, 0.05) is 44.2 Å². The molecule has 5 rings (SSSR count). The monoisotopic (exact) mass is 356 g/mol. The summed E-state index contributed by atoms with van der Waals surface area (Å²) >= 11 is 0. The highest BCUT2D eigenvalue weighted by atomic mass is 16.5. The van der Waals surface area contributed by atoms with E-state index in [1.54, 1.807) is 11.1 Å². The van der Waals surface area contributed by atoms with Crippen LogP contribution in [0.25, 0.3) is 5.57 Å². The summed E-state index contributed by atoms with van der Waals surface area (Å²) in [5.74, 6) is 2.04. The fourth-order valence-corrected chi connectivity index (χ4v) is 5.01. The molecule has 0 amide bonds. The van der Waals surface area contributed by atoms with Crippen molar-refractivity contribution in [1.82, 2.24) is 14.7 Å². The molecule has 4 aliphatic rings. The van der Waals surface area contributed by atoms with Crippen molar-refractivity contribution < 1.29 is 4.74 Å². The minimum atomic E-state index is 0.708. The van der Waals surface area contributed by atoms with E-state index in [4.69, 9.17) is 9.84 Å². The van der Waals surface area contributed by atoms with Crippen molar-refractivity contribution in [2.24, 2.45) is 0 Å². The fourth-order valence-electron chi connectivity index (χ4n) is 5.01. The molecule has 0 radical (unpaired) electrons. The second-order valence-electron chi connectivity index (χ2n) is 8.41. The van der Waals surface area contributed by atoms with E-state index in [1.807, 2.05) is 0 Å². The van der Waals surface area contributed by atoms with Crippen LogP contribution in [0.4, 0.5) is 5.82 Å². The van der Waals surface area contributed by atoms with Crippen LogP contribution >= 0.6 is 0 Å². The Balaban J connectivity index is 1.36. The van der Waals surface area contributed by atoms with Crippen molar-refractivity contribution in [2.75, 3.05) is 44.7 Å². The first-order valence-corrected chi connectivity index (χ1v) is 10.8. The van der Waals surface area contributed by atoms with Gasteiger partial charge >= 0.3 is 0 Å². The lowest BCUT2D eigenvalue weighted by Crippen LogP contribution is -2.37. The molecule has 0 spiro atoms. The molecule has 26 heavy (non-hydrogen) atoms. The zero-order valence-corrected chi connectivity index (χ0v) is 15.9. The molecule has 5 nitrogen and oxygen atoms in total. The Morgan fingerprint density at radius 1 is 1.04 bits per heavy atom. The first kappa shape index (κ1) is 16.8. The van der Waals surface area contributed by atoms with Crippen LogP contribution in [0.5, 0.6) is 0 Å². The molecule has 2 aliphatic carbocycles. The van der Waals surface area contributed by atoms with E-state index in [9.17, 15) is 0 Å². The lowest BCUT2D eigenvalue weighted by Gasteiger charge is -2.30. The van der Waals surface area contributed by atoms with Crippen molar-refractivity contribution in [3.8, 4) is 0 Å². The highest BCUT2D eigenvalue weighted by molar-refractivity contribution is 5.82. The number of rotatable bonds is 5. The first-order valence-electron chi connectivity index (χ1n) is 10.8. The van der Waals surface area contributed by atoms with Crippen LogP contribution in [0.15, 0.2) is 5.57 Å². The smallest absolute Gasteiger partial charge is 0.132 e. The van der Waals surface area contributed by atoms with Gasteiger partial charge < -0.3 is 10.1 Å². The number of aryl methyl sites for hydroxylation is 1. The molecule has 1 aromatic rings. The van der Waals surface area contributed by atoms with E-state index in [0.717, 1.165) is 45.9 Å². The maximum atomic E-state index is 5.46. The number of fused-ring (bicyclic) bond motifs is 2. The summed E-state index contributed by atoms with van der Waals surface area (Å²) in [5.41, 5.74) is 6.25. The zero-order chi connectivity index (χ0) is 17.3. The summed E-state index contributed by atoms with van der Waals surface area (Å²) < 4.78 is 7.77. The minimum Gasteiger partial charge on any atom is -0.379 e. The van der Waals surface area contributed by atoms with Crippen molar-refractivity contribution in [3.63, 3.8) is 0 Å². The van der Waals surface area contributed by atoms with Gasteiger partial charge in [-0.1, -0.05) is 6.42 Å². The number of hydrogen-bond donors (Lipinski definition) is 1. The van der Waals surface area contributed by atoms with E-state index in [1.165, 1.54) is 68.4 Å². The number of morpholine rings is 1. The summed E-state index contributed by atoms with van der Waals surface area (Å²) in [7, 11) is 0. The van der Waals surface area contributed by atoms with Crippen molar-refractivity contribution in [1.29, 1.82) is 0 Å². The Morgan fingerprint density at radius 2 is 1.88 bits per heavy atom. The molecule has 1 saturated heterocycles. The second kappa shape index (κ2) is 7.35. The predicted octanol–water partition coefficient (Wildman–Crippen LogP) is 3.63. The van der Waals surface area contributed by atoms with Gasteiger partial charge in [-0.3, -0.25) is 4.90 Å². The van der Waals surface area contributed by atoms with E-state index < -0.39 is 0 Å². The third-order valence-electron chi connectivity index (χ3n) is 6.77. The van der Waals surface area contributed by atoms with Gasteiger partial charge in [-0.05, 0) is 56.1 Å². The second-order valence-corrected chi connectivity index (χ2v) is 8.41. The van der Waals surface area contributed by atoms with Crippen LogP contribution in [-0.2, 0) is 11.3 Å². The number of nitrogens with one attached hydrogen (secondary N) is 1. The van der Waals surface area contributed by atoms with Crippen molar-refractivity contribution in [3.05, 3.63) is 16.8 Å². The predicted molar refractivity (Wildman–Crippen MR) is 105 cm³/mol. The third kappa shape index (κ3) is 3.09. The number of allylic oxidation sites excluding steroid dienone is 1. The van der Waals surface area contributed by atoms with Gasteiger partial charge in [-0.25, -0.2) is 4.68 Å². The summed E-state index contributed by atoms with van der Waals surface area (Å²) in [4.78, 5) is 2.53. The van der Waals surface area contributed by atoms with Crippen LogP contribution in [0.2, 0.25) is 0 Å². The van der Waals surface area contributed by atoms with E-state index >= 15 is 0 Å². The Labute approximate surface area is 156 Å². The molecule has 1 aromatic heterocycles. The Bertz CT molecular complexity index is 682. The molecule has 0 bridgehead atoms. The van der Waals surface area contributed by atoms with Crippen LogP contribution in [0, 0.1) is 0 Å². The lowest BCUT2D eigenvalue weighted by molar-refractivity contribution is 0.0368. The Morgan fingerprint density at radius 3 is 2.69 bits per heavy atom. The van der Waals surface area contributed by atoms with Crippen LogP contribution in [0.3, 0.4) is 0 Å². The zero-order valence-electron chi connectivity index (χ0n) is 15.9. The molecular weight excluding hydrogens is 324 g/mol. The lowest BCUT2D eigenvalue weighted by atomic mass is 9.77. The van der Waals surface area contributed by atoms with Gasteiger partial charge in [-0.15, -0.1) is 0 Å². The summed E-state index contributed by atoms with van der Waals surface area (Å²) in [6, 6.07) is 0. The largest absolute Gasteiger partial charge is 0.379 e. The van der Waals surface area contributed by atoms with Crippen LogP contribution < -0.4 is 5.32 Å². The number of aromatic nitrogens is 2. The molecule has 0 unspecified atom stereocenters. The molecule has 3 heterocycles. The number of ether oxygens (including phenoxy) is 1.